The van der Waals surface area contributed by atoms with Crippen LogP contribution in [0.4, 0.5) is 11.4 Å². The Kier molecular flexibility index (Phi) is 2.61. The number of fused-ring (bicyclic) bond motifs is 5. The van der Waals surface area contributed by atoms with Gasteiger partial charge < -0.3 is 4.74 Å². The molecule has 0 N–H and O–H groups in total. The van der Waals surface area contributed by atoms with E-state index in [0.29, 0.717) is 5.56 Å². The van der Waals surface area contributed by atoms with Gasteiger partial charge in [0.05, 0.1) is 28.5 Å². The predicted octanol–water partition coefficient (Wildman–Crippen LogP) is 1.74. The first-order valence-corrected chi connectivity index (χ1v) is 7.33. The van der Waals surface area contributed by atoms with E-state index in [-0.39, 0.29) is 11.4 Å². The first kappa shape index (κ1) is 14.1. The number of nitro benzene ring substituents is 1. The topological polar surface area (TPSA) is 89.8 Å². The van der Waals surface area contributed by atoms with E-state index in [0.717, 1.165) is 4.90 Å². The van der Waals surface area contributed by atoms with E-state index in [2.05, 4.69) is 0 Å². The van der Waals surface area contributed by atoms with Crippen LogP contribution in [0.25, 0.3) is 0 Å². The summed E-state index contributed by atoms with van der Waals surface area (Å²) in [6.07, 6.45) is 3.16. The molecular formula is C16H14N2O5. The van der Waals surface area contributed by atoms with E-state index < -0.39 is 40.3 Å². The number of ether oxygens (including phenoxy) is 1. The molecule has 7 heteroatoms. The highest BCUT2D eigenvalue weighted by atomic mass is 16.6. The van der Waals surface area contributed by atoms with E-state index in [1.165, 1.54) is 12.1 Å². The summed E-state index contributed by atoms with van der Waals surface area (Å²) in [7, 11) is 0. The second-order valence-electron chi connectivity index (χ2n) is 6.39. The lowest BCUT2D eigenvalue weighted by Gasteiger charge is -2.24. The Labute approximate surface area is 131 Å². The van der Waals surface area contributed by atoms with Crippen molar-refractivity contribution in [3.8, 4) is 0 Å². The molecule has 1 aromatic rings. The van der Waals surface area contributed by atoms with E-state index in [9.17, 15) is 19.7 Å². The number of carbonyl (C=O) groups is 2. The molecular weight excluding hydrogens is 300 g/mol. The number of nitro groups is 1. The van der Waals surface area contributed by atoms with Gasteiger partial charge in [0.15, 0.2) is 0 Å². The van der Waals surface area contributed by atoms with Crippen LogP contribution in [0.3, 0.4) is 0 Å². The van der Waals surface area contributed by atoms with Gasteiger partial charge in [0.25, 0.3) is 5.69 Å². The number of hydrogen-bond donors (Lipinski definition) is 0. The highest BCUT2D eigenvalue weighted by Gasteiger charge is 2.66. The van der Waals surface area contributed by atoms with E-state index >= 15 is 0 Å². The second kappa shape index (κ2) is 4.26. The Hall–Kier alpha value is -2.54. The van der Waals surface area contributed by atoms with Crippen LogP contribution in [0.15, 0.2) is 30.4 Å². The minimum Gasteiger partial charge on any atom is -0.362 e. The third-order valence-electron chi connectivity index (χ3n) is 4.90. The molecule has 7 nitrogen and oxygen atoms in total. The third-order valence-corrected chi connectivity index (χ3v) is 4.90. The van der Waals surface area contributed by atoms with Gasteiger partial charge in [-0.3, -0.25) is 19.7 Å². The minimum atomic E-state index is -0.809. The third kappa shape index (κ3) is 1.68. The van der Waals surface area contributed by atoms with Crippen molar-refractivity contribution in [2.75, 3.05) is 4.90 Å². The SMILES string of the molecule is Cc1ccc(N2C(=O)[C@H]3[C@H]4C=C[C@@](C)(O4)[C@H]3C2=O)c([N+](=O)[O-])c1. The van der Waals surface area contributed by atoms with Gasteiger partial charge in [0.2, 0.25) is 11.8 Å². The van der Waals surface area contributed by atoms with Gasteiger partial charge in [0.1, 0.15) is 5.69 Å². The van der Waals surface area contributed by atoms with Crippen molar-refractivity contribution >= 4 is 23.2 Å². The maximum atomic E-state index is 12.8. The molecule has 4 rings (SSSR count). The molecule has 0 radical (unpaired) electrons. The maximum Gasteiger partial charge on any atom is 0.293 e. The number of aryl methyl sites for hydroxylation is 1. The van der Waals surface area contributed by atoms with Gasteiger partial charge in [-0.25, -0.2) is 4.90 Å². The monoisotopic (exact) mass is 314 g/mol. The number of imide groups is 1. The second-order valence-corrected chi connectivity index (χ2v) is 6.39. The molecule has 0 unspecified atom stereocenters. The lowest BCUT2D eigenvalue weighted by Crippen LogP contribution is -2.38. The van der Waals surface area contributed by atoms with Crippen LogP contribution in [0.5, 0.6) is 0 Å². The molecule has 118 valence electrons. The largest absolute Gasteiger partial charge is 0.362 e. The molecule has 2 fully saturated rings. The molecule has 3 aliphatic heterocycles. The number of anilines is 1. The van der Waals surface area contributed by atoms with Gasteiger partial charge >= 0.3 is 0 Å². The van der Waals surface area contributed by atoms with Crippen LogP contribution >= 0.6 is 0 Å². The lowest BCUT2D eigenvalue weighted by atomic mass is 9.78. The average molecular weight is 314 g/mol. The Morgan fingerprint density at radius 3 is 2.70 bits per heavy atom. The van der Waals surface area contributed by atoms with Crippen LogP contribution in [0.2, 0.25) is 0 Å². The number of rotatable bonds is 2. The van der Waals surface area contributed by atoms with Crippen molar-refractivity contribution in [2.45, 2.75) is 25.6 Å². The normalized spacial score (nSPS) is 34.3. The Bertz CT molecular complexity index is 802. The molecule has 2 saturated heterocycles. The minimum absolute atomic E-state index is 0.0352. The molecule has 23 heavy (non-hydrogen) atoms. The summed E-state index contributed by atoms with van der Waals surface area (Å²) in [4.78, 5) is 37.3. The smallest absolute Gasteiger partial charge is 0.293 e. The van der Waals surface area contributed by atoms with Crippen molar-refractivity contribution in [1.82, 2.24) is 0 Å². The Morgan fingerprint density at radius 2 is 2.04 bits per heavy atom. The van der Waals surface area contributed by atoms with E-state index in [1.54, 1.807) is 32.1 Å². The van der Waals surface area contributed by atoms with Gasteiger partial charge in [-0.2, -0.15) is 0 Å². The summed E-state index contributed by atoms with van der Waals surface area (Å²) in [6.45, 7) is 3.49. The molecule has 0 aromatic heterocycles. The molecule has 0 spiro atoms. The number of hydrogen-bond acceptors (Lipinski definition) is 5. The van der Waals surface area contributed by atoms with Crippen LogP contribution in [-0.4, -0.2) is 28.4 Å². The highest BCUT2D eigenvalue weighted by molar-refractivity contribution is 6.24. The van der Waals surface area contributed by atoms with Crippen LogP contribution in [0.1, 0.15) is 12.5 Å². The lowest BCUT2D eigenvalue weighted by molar-refractivity contribution is -0.384. The number of nitrogens with zero attached hydrogens (tertiary/aromatic N) is 2. The zero-order valence-electron chi connectivity index (χ0n) is 12.6. The van der Waals surface area contributed by atoms with Gasteiger partial charge in [-0.15, -0.1) is 0 Å². The average Bonchev–Trinajstić information content (AvgIpc) is 3.09. The molecule has 0 aliphatic carbocycles. The Balaban J connectivity index is 1.83. The fourth-order valence-electron chi connectivity index (χ4n) is 3.86. The summed E-state index contributed by atoms with van der Waals surface area (Å²) in [6, 6.07) is 4.49. The van der Waals surface area contributed by atoms with E-state index in [4.69, 9.17) is 4.74 Å². The molecule has 2 bridgehead atoms. The van der Waals surface area contributed by atoms with Crippen LogP contribution < -0.4 is 4.90 Å². The molecule has 0 saturated carbocycles. The fraction of sp³-hybridized carbons (Fsp3) is 0.375. The van der Waals surface area contributed by atoms with Gasteiger partial charge in [0, 0.05) is 6.07 Å². The van der Waals surface area contributed by atoms with Crippen LogP contribution in [0, 0.1) is 28.9 Å². The van der Waals surface area contributed by atoms with Crippen molar-refractivity contribution in [2.24, 2.45) is 11.8 Å². The quantitative estimate of drug-likeness (QED) is 0.359. The van der Waals surface area contributed by atoms with Crippen molar-refractivity contribution < 1.29 is 19.2 Å². The summed E-state index contributed by atoms with van der Waals surface area (Å²) in [5.41, 5.74) is -0.320. The summed E-state index contributed by atoms with van der Waals surface area (Å²) >= 11 is 0. The molecule has 1 aromatic carbocycles. The fourth-order valence-corrected chi connectivity index (χ4v) is 3.86. The molecule has 3 aliphatic rings. The zero-order valence-corrected chi connectivity index (χ0v) is 12.6. The first-order valence-electron chi connectivity index (χ1n) is 7.33. The maximum absolute atomic E-state index is 12.8. The van der Waals surface area contributed by atoms with Crippen LogP contribution in [-0.2, 0) is 14.3 Å². The van der Waals surface area contributed by atoms with Gasteiger partial charge in [-0.05, 0) is 25.5 Å². The molecule has 4 atom stereocenters. The molecule has 3 heterocycles. The van der Waals surface area contributed by atoms with E-state index in [1.807, 2.05) is 0 Å². The predicted molar refractivity (Wildman–Crippen MR) is 79.7 cm³/mol. The highest BCUT2D eigenvalue weighted by Crippen LogP contribution is 2.52. The zero-order chi connectivity index (χ0) is 16.5. The Morgan fingerprint density at radius 1 is 1.30 bits per heavy atom. The summed E-state index contributed by atoms with van der Waals surface area (Å²) in [5.74, 6) is -2.07. The molecule has 2 amide bonds. The summed E-state index contributed by atoms with van der Waals surface area (Å²) < 4.78 is 5.74. The standard InChI is InChI=1S/C16H14N2O5/c1-8-3-4-9(10(7-8)18(21)22)17-14(19)12-11-5-6-16(2,23-11)13(12)15(17)20/h3-7,11-13H,1-2H3/t11-,12+,13-,16-/m1/s1. The van der Waals surface area contributed by atoms with Crippen molar-refractivity contribution in [1.29, 1.82) is 0 Å². The number of carbonyl (C=O) groups excluding carboxylic acids is 2. The summed E-state index contributed by atoms with van der Waals surface area (Å²) in [5, 5.41) is 11.3. The number of benzene rings is 1. The van der Waals surface area contributed by atoms with Crippen molar-refractivity contribution in [3.63, 3.8) is 0 Å². The first-order chi connectivity index (χ1) is 10.8. The number of amides is 2. The van der Waals surface area contributed by atoms with Crippen molar-refractivity contribution in [3.05, 3.63) is 46.0 Å². The van der Waals surface area contributed by atoms with Gasteiger partial charge in [-0.1, -0.05) is 18.2 Å².